The summed E-state index contributed by atoms with van der Waals surface area (Å²) in [6, 6.07) is 32.3. The van der Waals surface area contributed by atoms with Crippen molar-refractivity contribution in [3.8, 4) is 0 Å². The van der Waals surface area contributed by atoms with Crippen molar-refractivity contribution in [3.63, 3.8) is 0 Å². The molecule has 1 heterocycles. The van der Waals surface area contributed by atoms with E-state index in [0.29, 0.717) is 22.3 Å². The van der Waals surface area contributed by atoms with Crippen molar-refractivity contribution in [2.75, 3.05) is 0 Å². The third kappa shape index (κ3) is 3.65. The van der Waals surface area contributed by atoms with Gasteiger partial charge in [-0.05, 0) is 33.4 Å². The van der Waals surface area contributed by atoms with E-state index in [1.807, 2.05) is 109 Å². The van der Waals surface area contributed by atoms with Crippen molar-refractivity contribution in [1.29, 1.82) is 0 Å². The van der Waals surface area contributed by atoms with Gasteiger partial charge >= 0.3 is 5.97 Å². The number of amides is 2. The molecule has 4 aliphatic rings. The molecule has 0 unspecified atom stereocenters. The maximum atomic E-state index is 14.5. The Morgan fingerprint density at radius 2 is 1.05 bits per heavy atom. The quantitative estimate of drug-likeness (QED) is 0.161. The Morgan fingerprint density at radius 3 is 1.49 bits per heavy atom. The number of halogens is 2. The molecule has 0 spiro atoms. The highest BCUT2D eigenvalue weighted by molar-refractivity contribution is 6.36. The zero-order chi connectivity index (χ0) is 28.4. The number of benzene rings is 4. The average molecular weight is 582 g/mol. The highest BCUT2D eigenvalue weighted by Gasteiger charge is 2.73. The highest BCUT2D eigenvalue weighted by Crippen LogP contribution is 2.69. The van der Waals surface area contributed by atoms with Gasteiger partial charge < -0.3 is 4.74 Å². The maximum Gasteiger partial charge on any atom is 0.330 e. The number of rotatable bonds is 6. The van der Waals surface area contributed by atoms with Crippen LogP contribution in [0.25, 0.3) is 0 Å². The topological polar surface area (TPSA) is 63.7 Å². The van der Waals surface area contributed by atoms with E-state index in [1.54, 1.807) is 0 Å². The molecule has 8 rings (SSSR count). The molecule has 41 heavy (non-hydrogen) atoms. The van der Waals surface area contributed by atoms with Crippen LogP contribution in [-0.2, 0) is 41.9 Å². The Labute approximate surface area is 247 Å². The smallest absolute Gasteiger partial charge is 0.330 e. The number of likely N-dealkylation sites (tertiary alicyclic amines) is 1. The monoisotopic (exact) mass is 581 g/mol. The summed E-state index contributed by atoms with van der Waals surface area (Å²) in [6.07, 6.45) is 0.107. The summed E-state index contributed by atoms with van der Waals surface area (Å²) >= 11 is 15.1. The third-order valence-electron chi connectivity index (χ3n) is 8.70. The number of imide groups is 1. The van der Waals surface area contributed by atoms with Crippen molar-refractivity contribution in [2.24, 2.45) is 11.8 Å². The Bertz CT molecular complexity index is 1570. The van der Waals surface area contributed by atoms with Gasteiger partial charge in [-0.3, -0.25) is 14.5 Å². The van der Waals surface area contributed by atoms with E-state index < -0.39 is 45.4 Å². The molecule has 0 aromatic heterocycles. The summed E-state index contributed by atoms with van der Waals surface area (Å²) in [7, 11) is 0. The number of esters is 1. The molecule has 4 aromatic rings. The van der Waals surface area contributed by atoms with Crippen LogP contribution in [0.15, 0.2) is 109 Å². The van der Waals surface area contributed by atoms with E-state index in [9.17, 15) is 14.4 Å². The fraction of sp³-hybridized carbons (Fsp3) is 0.206. The summed E-state index contributed by atoms with van der Waals surface area (Å²) in [6.45, 7) is 0.0177. The molecule has 3 aliphatic carbocycles. The number of nitrogens with zero attached hydrogens (tertiary/aromatic N) is 1. The normalized spacial score (nSPS) is 26.2. The molecule has 1 fully saturated rings. The molecule has 0 saturated carbocycles. The number of alkyl halides is 2. The van der Waals surface area contributed by atoms with Gasteiger partial charge in [0.1, 0.15) is 22.4 Å². The molecule has 2 bridgehead atoms. The van der Waals surface area contributed by atoms with Crippen molar-refractivity contribution < 1.29 is 19.1 Å². The Hall–Kier alpha value is -3.93. The number of hydrogen-bond donors (Lipinski definition) is 0. The van der Waals surface area contributed by atoms with Crippen LogP contribution in [0.2, 0.25) is 0 Å². The molecule has 204 valence electrons. The second kappa shape index (κ2) is 9.57. The molecular weight excluding hydrogens is 557 g/mol. The van der Waals surface area contributed by atoms with Gasteiger partial charge in [0, 0.05) is 6.42 Å². The number of hydrogen-bond acceptors (Lipinski definition) is 4. The van der Waals surface area contributed by atoms with Crippen LogP contribution in [0.5, 0.6) is 0 Å². The van der Waals surface area contributed by atoms with Gasteiger partial charge in [0.15, 0.2) is 0 Å². The lowest BCUT2D eigenvalue weighted by Gasteiger charge is -2.54. The second-order valence-corrected chi connectivity index (χ2v) is 12.0. The minimum absolute atomic E-state index is 0.0177. The first-order chi connectivity index (χ1) is 19.9. The van der Waals surface area contributed by atoms with Crippen LogP contribution in [0, 0.1) is 11.8 Å². The van der Waals surface area contributed by atoms with E-state index in [4.69, 9.17) is 27.9 Å². The lowest BCUT2D eigenvalue weighted by Crippen LogP contribution is -2.57. The fourth-order valence-electron chi connectivity index (χ4n) is 6.94. The molecule has 4 aromatic carbocycles. The largest absolute Gasteiger partial charge is 0.459 e. The van der Waals surface area contributed by atoms with Gasteiger partial charge in [0.2, 0.25) is 11.8 Å². The SMILES string of the molecule is O=C(OCc1ccccc1)[C@H](Cc1ccccc1)N1C(=O)[C@@H]2[C@H](C1=O)C1(Cl)c3ccccc3C2(Cl)c2ccccc21. The van der Waals surface area contributed by atoms with E-state index in [0.717, 1.165) is 16.0 Å². The predicted octanol–water partition coefficient (Wildman–Crippen LogP) is 5.93. The minimum atomic E-state index is -1.32. The van der Waals surface area contributed by atoms with E-state index in [2.05, 4.69) is 0 Å². The standard InChI is InChI=1S/C34H25Cl2NO4/c35-33-23-15-7-8-16-24(23)34(36,26-18-10-9-17-25(26)33)29-28(33)30(38)37(31(29)39)27(19-21-11-3-1-4-12-21)32(40)41-20-22-13-5-2-6-14-22/h1-18,27-29H,19-20H2/t27-,28-,29+,33?,34?/m0/s1. The summed E-state index contributed by atoms with van der Waals surface area (Å²) in [4.78, 5) is 41.1. The fourth-order valence-corrected chi connectivity index (χ4v) is 8.04. The predicted molar refractivity (Wildman–Crippen MR) is 155 cm³/mol. The zero-order valence-corrected chi connectivity index (χ0v) is 23.4. The summed E-state index contributed by atoms with van der Waals surface area (Å²) in [5.41, 5.74) is 4.45. The zero-order valence-electron chi connectivity index (χ0n) is 21.9. The van der Waals surface area contributed by atoms with E-state index in [1.165, 1.54) is 0 Å². The second-order valence-electron chi connectivity index (χ2n) is 10.8. The average Bonchev–Trinajstić information content (AvgIpc) is 3.29. The number of carbonyl (C=O) groups is 3. The summed E-state index contributed by atoms with van der Waals surface area (Å²) < 4.78 is 5.72. The number of ether oxygens (including phenoxy) is 1. The first kappa shape index (κ1) is 26.0. The van der Waals surface area contributed by atoms with Gasteiger partial charge in [0.25, 0.3) is 0 Å². The lowest BCUT2D eigenvalue weighted by molar-refractivity contribution is -0.159. The van der Waals surface area contributed by atoms with E-state index >= 15 is 0 Å². The van der Waals surface area contributed by atoms with Crippen molar-refractivity contribution in [2.45, 2.75) is 28.8 Å². The molecule has 2 amide bonds. The van der Waals surface area contributed by atoms with Crippen molar-refractivity contribution in [1.82, 2.24) is 4.90 Å². The van der Waals surface area contributed by atoms with Gasteiger partial charge in [-0.25, -0.2) is 4.79 Å². The van der Waals surface area contributed by atoms with Crippen LogP contribution < -0.4 is 0 Å². The lowest BCUT2D eigenvalue weighted by atomic mass is 9.54. The first-order valence-corrected chi connectivity index (χ1v) is 14.3. The van der Waals surface area contributed by atoms with Crippen molar-refractivity contribution in [3.05, 3.63) is 143 Å². The molecule has 1 aliphatic heterocycles. The van der Waals surface area contributed by atoms with Crippen LogP contribution in [0.4, 0.5) is 0 Å². The van der Waals surface area contributed by atoms with Crippen LogP contribution in [0.1, 0.15) is 33.4 Å². The van der Waals surface area contributed by atoms with Crippen LogP contribution in [-0.4, -0.2) is 28.7 Å². The maximum absolute atomic E-state index is 14.5. The number of carbonyl (C=O) groups excluding carboxylic acids is 3. The Kier molecular flexibility index (Phi) is 6.07. The molecule has 1 saturated heterocycles. The molecule has 7 heteroatoms. The van der Waals surface area contributed by atoms with Crippen LogP contribution in [0.3, 0.4) is 0 Å². The molecule has 0 N–H and O–H groups in total. The Balaban J connectivity index is 1.33. The van der Waals surface area contributed by atoms with Gasteiger partial charge in [-0.1, -0.05) is 109 Å². The van der Waals surface area contributed by atoms with Gasteiger partial charge in [0.05, 0.1) is 11.8 Å². The van der Waals surface area contributed by atoms with Crippen molar-refractivity contribution >= 4 is 41.0 Å². The van der Waals surface area contributed by atoms with Gasteiger partial charge in [-0.15, -0.1) is 23.2 Å². The Morgan fingerprint density at radius 1 is 0.659 bits per heavy atom. The van der Waals surface area contributed by atoms with Crippen LogP contribution >= 0.6 is 23.2 Å². The molecular formula is C34H25Cl2NO4. The van der Waals surface area contributed by atoms with E-state index in [-0.39, 0.29) is 13.0 Å². The van der Waals surface area contributed by atoms with Gasteiger partial charge in [-0.2, -0.15) is 0 Å². The summed E-state index contributed by atoms with van der Waals surface area (Å²) in [5, 5.41) is 0. The highest BCUT2D eigenvalue weighted by atomic mass is 35.5. The summed E-state index contributed by atoms with van der Waals surface area (Å²) in [5.74, 6) is -3.66. The first-order valence-electron chi connectivity index (χ1n) is 13.6. The molecule has 5 nitrogen and oxygen atoms in total. The molecule has 3 atom stereocenters. The minimum Gasteiger partial charge on any atom is -0.459 e. The molecule has 0 radical (unpaired) electrons. The third-order valence-corrected chi connectivity index (χ3v) is 9.98.